The molecule has 0 aromatic carbocycles. The van der Waals surface area contributed by atoms with Crippen molar-refractivity contribution in [1.29, 1.82) is 0 Å². The highest BCUT2D eigenvalue weighted by molar-refractivity contribution is 4.94. The Morgan fingerprint density at radius 3 is 2.53 bits per heavy atom. The highest BCUT2D eigenvalue weighted by Gasteiger charge is 2.38. The van der Waals surface area contributed by atoms with Crippen molar-refractivity contribution in [3.63, 3.8) is 0 Å². The van der Waals surface area contributed by atoms with Crippen LogP contribution in [-0.4, -0.2) is 36.1 Å². The zero-order chi connectivity index (χ0) is 12.5. The average molecular weight is 238 g/mol. The molecular weight excluding hydrogens is 208 g/mol. The van der Waals surface area contributed by atoms with E-state index in [1.54, 1.807) is 0 Å². The van der Waals surface area contributed by atoms with Gasteiger partial charge in [-0.2, -0.15) is 0 Å². The Morgan fingerprint density at radius 2 is 2.00 bits per heavy atom. The number of piperazine rings is 1. The summed E-state index contributed by atoms with van der Waals surface area (Å²) in [6.07, 6.45) is 6.79. The molecule has 1 aliphatic heterocycles. The second-order valence-electron chi connectivity index (χ2n) is 6.83. The quantitative estimate of drug-likeness (QED) is 0.813. The third-order valence-corrected chi connectivity index (χ3v) is 4.92. The van der Waals surface area contributed by atoms with E-state index in [2.05, 4.69) is 37.9 Å². The summed E-state index contributed by atoms with van der Waals surface area (Å²) in [6.45, 7) is 12.0. The van der Waals surface area contributed by atoms with Gasteiger partial charge in [0.25, 0.3) is 0 Å². The van der Waals surface area contributed by atoms with Gasteiger partial charge in [-0.25, -0.2) is 0 Å². The van der Waals surface area contributed by atoms with Crippen LogP contribution in [0.2, 0.25) is 0 Å². The van der Waals surface area contributed by atoms with Gasteiger partial charge in [0.15, 0.2) is 0 Å². The summed E-state index contributed by atoms with van der Waals surface area (Å²) in [5.41, 5.74) is 0.579. The molecule has 3 atom stereocenters. The molecule has 0 amide bonds. The zero-order valence-electron chi connectivity index (χ0n) is 12.1. The normalized spacial score (nSPS) is 38.5. The molecule has 2 nitrogen and oxygen atoms in total. The lowest BCUT2D eigenvalue weighted by Gasteiger charge is -2.43. The lowest BCUT2D eigenvalue weighted by atomic mass is 9.91. The van der Waals surface area contributed by atoms with Gasteiger partial charge >= 0.3 is 0 Å². The Bertz CT molecular complexity index is 249. The molecule has 3 unspecified atom stereocenters. The maximum Gasteiger partial charge on any atom is 0.0221 e. The van der Waals surface area contributed by atoms with Crippen LogP contribution in [0.1, 0.15) is 59.8 Å². The molecule has 0 spiro atoms. The van der Waals surface area contributed by atoms with Crippen molar-refractivity contribution in [1.82, 2.24) is 10.2 Å². The van der Waals surface area contributed by atoms with Gasteiger partial charge in [-0.3, -0.25) is 4.90 Å². The van der Waals surface area contributed by atoms with Crippen molar-refractivity contribution in [2.75, 3.05) is 13.1 Å². The Morgan fingerprint density at radius 1 is 1.24 bits per heavy atom. The molecule has 2 aliphatic rings. The lowest BCUT2D eigenvalue weighted by molar-refractivity contribution is 0.0751. The Kier molecular flexibility index (Phi) is 4.14. The van der Waals surface area contributed by atoms with Crippen LogP contribution in [0.5, 0.6) is 0 Å². The van der Waals surface area contributed by atoms with E-state index >= 15 is 0 Å². The molecule has 2 heteroatoms. The highest BCUT2D eigenvalue weighted by atomic mass is 15.3. The summed E-state index contributed by atoms with van der Waals surface area (Å²) in [5, 5.41) is 3.70. The van der Waals surface area contributed by atoms with E-state index in [1.165, 1.54) is 45.2 Å². The predicted molar refractivity (Wildman–Crippen MR) is 74.3 cm³/mol. The number of rotatable bonds is 3. The fourth-order valence-corrected chi connectivity index (χ4v) is 3.67. The van der Waals surface area contributed by atoms with Crippen LogP contribution in [0.3, 0.4) is 0 Å². The molecule has 1 N–H and O–H groups in total. The molecule has 1 saturated heterocycles. The summed E-state index contributed by atoms with van der Waals surface area (Å²) in [6, 6.07) is 2.35. The Labute approximate surface area is 107 Å². The minimum Gasteiger partial charge on any atom is -0.311 e. The van der Waals surface area contributed by atoms with Crippen LogP contribution in [0.25, 0.3) is 0 Å². The van der Waals surface area contributed by atoms with Crippen LogP contribution in [0.4, 0.5) is 0 Å². The molecule has 1 saturated carbocycles. The van der Waals surface area contributed by atoms with E-state index < -0.39 is 0 Å². The van der Waals surface area contributed by atoms with Crippen LogP contribution in [0, 0.1) is 5.41 Å². The number of nitrogens with zero attached hydrogens (tertiary/aromatic N) is 1. The number of hydrogen-bond donors (Lipinski definition) is 1. The summed E-state index contributed by atoms with van der Waals surface area (Å²) >= 11 is 0. The van der Waals surface area contributed by atoms with E-state index in [9.17, 15) is 0 Å². The maximum atomic E-state index is 3.70. The van der Waals surface area contributed by atoms with Gasteiger partial charge in [0.1, 0.15) is 0 Å². The van der Waals surface area contributed by atoms with Crippen molar-refractivity contribution in [3.05, 3.63) is 0 Å². The molecular formula is C15H30N2. The first kappa shape index (κ1) is 13.4. The molecule has 2 rings (SSSR count). The minimum atomic E-state index is 0.579. The third-order valence-electron chi connectivity index (χ3n) is 4.92. The topological polar surface area (TPSA) is 15.3 Å². The summed E-state index contributed by atoms with van der Waals surface area (Å²) in [7, 11) is 0. The van der Waals surface area contributed by atoms with Gasteiger partial charge in [0, 0.05) is 31.2 Å². The molecule has 1 aliphatic carbocycles. The maximum absolute atomic E-state index is 3.70. The van der Waals surface area contributed by atoms with Gasteiger partial charge in [0.2, 0.25) is 0 Å². The summed E-state index contributed by atoms with van der Waals surface area (Å²) in [4.78, 5) is 2.83. The molecule has 17 heavy (non-hydrogen) atoms. The number of hydrogen-bond acceptors (Lipinski definition) is 2. The highest BCUT2D eigenvalue weighted by Crippen LogP contribution is 2.40. The lowest BCUT2D eigenvalue weighted by Crippen LogP contribution is -2.58. The van der Waals surface area contributed by atoms with Crippen molar-refractivity contribution >= 4 is 0 Å². The molecule has 0 aromatic rings. The SMILES string of the molecule is CCC1CN(C2CCC(C)(C)C2)C(CC)CN1. The predicted octanol–water partition coefficient (Wildman–Crippen LogP) is 3.03. The number of nitrogens with one attached hydrogen (secondary N) is 1. The van der Waals surface area contributed by atoms with Crippen molar-refractivity contribution < 1.29 is 0 Å². The van der Waals surface area contributed by atoms with Gasteiger partial charge in [-0.1, -0.05) is 27.7 Å². The third kappa shape index (κ3) is 3.03. The Hall–Kier alpha value is -0.0800. The van der Waals surface area contributed by atoms with Crippen LogP contribution >= 0.6 is 0 Å². The molecule has 0 bridgehead atoms. The minimum absolute atomic E-state index is 0.579. The second kappa shape index (κ2) is 5.27. The molecule has 100 valence electrons. The summed E-state index contributed by atoms with van der Waals surface area (Å²) < 4.78 is 0. The van der Waals surface area contributed by atoms with Crippen molar-refractivity contribution in [3.8, 4) is 0 Å². The zero-order valence-corrected chi connectivity index (χ0v) is 12.1. The first-order valence-electron chi connectivity index (χ1n) is 7.55. The largest absolute Gasteiger partial charge is 0.311 e. The molecule has 1 heterocycles. The standard InChI is InChI=1S/C15H30N2/c1-5-12-11-17(13(6-2)10-16-12)14-7-8-15(3,4)9-14/h12-14,16H,5-11H2,1-4H3. The molecule has 0 aromatic heterocycles. The molecule has 0 radical (unpaired) electrons. The van der Waals surface area contributed by atoms with E-state index in [0.717, 1.165) is 18.1 Å². The van der Waals surface area contributed by atoms with Crippen LogP contribution < -0.4 is 5.32 Å². The van der Waals surface area contributed by atoms with Crippen LogP contribution in [-0.2, 0) is 0 Å². The van der Waals surface area contributed by atoms with Gasteiger partial charge in [-0.05, 0) is 37.5 Å². The van der Waals surface area contributed by atoms with E-state index in [4.69, 9.17) is 0 Å². The van der Waals surface area contributed by atoms with Crippen molar-refractivity contribution in [2.24, 2.45) is 5.41 Å². The van der Waals surface area contributed by atoms with Crippen LogP contribution in [0.15, 0.2) is 0 Å². The molecule has 2 fully saturated rings. The van der Waals surface area contributed by atoms with E-state index in [-0.39, 0.29) is 0 Å². The van der Waals surface area contributed by atoms with E-state index in [1.807, 2.05) is 0 Å². The second-order valence-corrected chi connectivity index (χ2v) is 6.83. The first-order valence-corrected chi connectivity index (χ1v) is 7.55. The smallest absolute Gasteiger partial charge is 0.0221 e. The fraction of sp³-hybridized carbons (Fsp3) is 1.00. The van der Waals surface area contributed by atoms with Crippen molar-refractivity contribution in [2.45, 2.75) is 77.9 Å². The monoisotopic (exact) mass is 238 g/mol. The fourth-order valence-electron chi connectivity index (χ4n) is 3.67. The van der Waals surface area contributed by atoms with Gasteiger partial charge in [0.05, 0.1) is 0 Å². The van der Waals surface area contributed by atoms with E-state index in [0.29, 0.717) is 5.41 Å². The Balaban J connectivity index is 2.00. The summed E-state index contributed by atoms with van der Waals surface area (Å²) in [5.74, 6) is 0. The van der Waals surface area contributed by atoms with Gasteiger partial charge in [-0.15, -0.1) is 0 Å². The van der Waals surface area contributed by atoms with Gasteiger partial charge < -0.3 is 5.32 Å². The average Bonchev–Trinajstić information content (AvgIpc) is 2.68. The first-order chi connectivity index (χ1) is 8.05.